The number of amides is 1. The van der Waals surface area contributed by atoms with Gasteiger partial charge >= 0.3 is 10.1 Å². The van der Waals surface area contributed by atoms with Crippen molar-refractivity contribution in [3.05, 3.63) is 67.0 Å². The van der Waals surface area contributed by atoms with Crippen LogP contribution in [0.4, 0.5) is 10.8 Å². The van der Waals surface area contributed by atoms with Crippen LogP contribution in [-0.4, -0.2) is 37.0 Å². The molecule has 4 N–H and O–H groups in total. The van der Waals surface area contributed by atoms with Crippen LogP contribution >= 0.6 is 11.3 Å². The van der Waals surface area contributed by atoms with Crippen LogP contribution in [0.1, 0.15) is 44.9 Å². The van der Waals surface area contributed by atoms with E-state index in [1.54, 1.807) is 30.3 Å². The minimum Gasteiger partial charge on any atom is -0.385 e. The number of unbranched alkanes of at least 4 members (excludes halogenated alkanes) is 4. The van der Waals surface area contributed by atoms with E-state index < -0.39 is 10.1 Å². The van der Waals surface area contributed by atoms with Crippen molar-refractivity contribution in [2.75, 3.05) is 23.7 Å². The van der Waals surface area contributed by atoms with Crippen LogP contribution in [0.5, 0.6) is 5.75 Å². The number of rotatable bonds is 16. The van der Waals surface area contributed by atoms with Gasteiger partial charge in [-0.3, -0.25) is 4.79 Å². The Labute approximate surface area is 233 Å². The summed E-state index contributed by atoms with van der Waals surface area (Å²) in [4.78, 5) is 16.8. The highest BCUT2D eigenvalue weighted by Gasteiger charge is 2.18. The largest absolute Gasteiger partial charge is 0.385 e. The molecule has 0 saturated heterocycles. The van der Waals surface area contributed by atoms with Gasteiger partial charge in [0.15, 0.2) is 5.13 Å². The summed E-state index contributed by atoms with van der Waals surface area (Å²) in [6.45, 7) is 2.39. The molecule has 0 aliphatic rings. The highest BCUT2D eigenvalue weighted by molar-refractivity contribution is 7.87. The first-order valence-corrected chi connectivity index (χ1v) is 15.4. The number of fused-ring (bicyclic) bond motifs is 1. The molecule has 0 spiro atoms. The Morgan fingerprint density at radius 2 is 1.72 bits per heavy atom. The summed E-state index contributed by atoms with van der Waals surface area (Å²) >= 11 is 1.28. The van der Waals surface area contributed by atoms with Gasteiger partial charge < -0.3 is 25.1 Å². The van der Waals surface area contributed by atoms with Gasteiger partial charge in [-0.2, -0.15) is 8.42 Å². The molecule has 4 rings (SSSR count). The molecule has 9 nitrogen and oxygen atoms in total. The molecule has 0 aliphatic heterocycles. The molecular weight excluding hydrogens is 534 g/mol. The zero-order valence-electron chi connectivity index (χ0n) is 21.8. The zero-order valence-corrected chi connectivity index (χ0v) is 23.5. The lowest BCUT2D eigenvalue weighted by Gasteiger charge is -2.09. The Balaban J connectivity index is 1.27. The fraction of sp³-hybridized carbons (Fsp3) is 0.357. The number of nitrogens with two attached hydrogens (primary N) is 1. The van der Waals surface area contributed by atoms with Gasteiger partial charge in [0.1, 0.15) is 10.6 Å². The van der Waals surface area contributed by atoms with Gasteiger partial charge in [0.25, 0.3) is 0 Å². The zero-order chi connectivity index (χ0) is 27.5. The van der Waals surface area contributed by atoms with E-state index >= 15 is 0 Å². The number of carbonyl (C=O) groups is 1. The maximum atomic E-state index is 12.9. The number of benzene rings is 2. The molecule has 0 saturated carbocycles. The number of nitrogens with one attached hydrogen (secondary N) is 2. The molecule has 0 fully saturated rings. The molecule has 11 heteroatoms. The van der Waals surface area contributed by atoms with Crippen molar-refractivity contribution in [1.82, 2.24) is 9.55 Å². The van der Waals surface area contributed by atoms with Crippen molar-refractivity contribution in [3.8, 4) is 5.75 Å². The fourth-order valence-electron chi connectivity index (χ4n) is 4.08. The molecule has 1 amide bonds. The van der Waals surface area contributed by atoms with Crippen LogP contribution < -0.4 is 20.6 Å². The highest BCUT2D eigenvalue weighted by Crippen LogP contribution is 2.31. The minimum atomic E-state index is -4.01. The fourth-order valence-corrected chi connectivity index (χ4v) is 5.91. The van der Waals surface area contributed by atoms with Gasteiger partial charge in [0.05, 0.1) is 10.2 Å². The minimum absolute atomic E-state index is 0.0702. The van der Waals surface area contributed by atoms with Crippen molar-refractivity contribution in [3.63, 3.8) is 0 Å². The highest BCUT2D eigenvalue weighted by atomic mass is 32.2. The third kappa shape index (κ3) is 8.81. The summed E-state index contributed by atoms with van der Waals surface area (Å²) in [7, 11) is -4.01. The Morgan fingerprint density at radius 3 is 2.49 bits per heavy atom. The molecule has 0 atom stereocenters. The van der Waals surface area contributed by atoms with Crippen molar-refractivity contribution in [2.24, 2.45) is 5.73 Å². The molecule has 208 valence electrons. The Kier molecular flexibility index (Phi) is 10.3. The van der Waals surface area contributed by atoms with E-state index in [1.165, 1.54) is 23.5 Å². The van der Waals surface area contributed by atoms with E-state index in [9.17, 15) is 13.2 Å². The Bertz CT molecular complexity index is 1430. The van der Waals surface area contributed by atoms with Crippen molar-refractivity contribution < 1.29 is 17.4 Å². The average Bonchev–Trinajstić information content (AvgIpc) is 3.58. The van der Waals surface area contributed by atoms with E-state index in [0.717, 1.165) is 62.0 Å². The maximum Gasteiger partial charge on any atom is 0.339 e. The van der Waals surface area contributed by atoms with E-state index in [1.807, 2.05) is 24.5 Å². The molecular formula is C28H35N5O4S2. The molecule has 0 bridgehead atoms. The lowest BCUT2D eigenvalue weighted by molar-refractivity contribution is -0.116. The summed E-state index contributed by atoms with van der Waals surface area (Å²) in [6.07, 6.45) is 10.4. The number of thiazole rings is 1. The first kappa shape index (κ1) is 28.6. The van der Waals surface area contributed by atoms with Crippen LogP contribution in [0.3, 0.4) is 0 Å². The number of carbonyl (C=O) groups excluding carboxylic acids is 1. The van der Waals surface area contributed by atoms with Crippen molar-refractivity contribution in [2.45, 2.75) is 56.4 Å². The lowest BCUT2D eigenvalue weighted by atomic mass is 10.1. The predicted octanol–water partition coefficient (Wildman–Crippen LogP) is 5.61. The average molecular weight is 570 g/mol. The van der Waals surface area contributed by atoms with E-state index in [0.29, 0.717) is 23.6 Å². The Morgan fingerprint density at radius 1 is 0.974 bits per heavy atom. The second kappa shape index (κ2) is 14.1. The monoisotopic (exact) mass is 569 g/mol. The topological polar surface area (TPSA) is 128 Å². The number of hydrogen-bond donors (Lipinski definition) is 3. The summed E-state index contributed by atoms with van der Waals surface area (Å²) < 4.78 is 33.9. The Hall–Kier alpha value is -3.41. The third-order valence-corrected chi connectivity index (χ3v) is 8.35. The standard InChI is InChI=1S/C28H35N5O4S2/c29-16-5-3-1-2-4-9-27(34)32-28-31-25-15-12-23(21-26(25)38-28)37-39(35,36)24-13-10-22(11-14-24)30-17-8-20-33-18-6-7-19-33/h6-7,10-15,18-19,21,30H,1-5,8-9,16-17,20,29H2,(H,31,32,34). The van der Waals surface area contributed by atoms with E-state index in [-0.39, 0.29) is 16.6 Å². The normalized spacial score (nSPS) is 11.5. The molecule has 2 aromatic carbocycles. The second-order valence-corrected chi connectivity index (χ2v) is 11.8. The molecule has 0 aliphatic carbocycles. The summed E-state index contributed by atoms with van der Waals surface area (Å²) in [5.74, 6) is 0.111. The van der Waals surface area contributed by atoms with Gasteiger partial charge in [0, 0.05) is 43.7 Å². The van der Waals surface area contributed by atoms with Crippen molar-refractivity contribution in [1.29, 1.82) is 0 Å². The molecule has 0 radical (unpaired) electrons. The number of anilines is 2. The smallest absolute Gasteiger partial charge is 0.339 e. The van der Waals surface area contributed by atoms with Crippen LogP contribution in [0.25, 0.3) is 10.2 Å². The number of hydrogen-bond acceptors (Lipinski definition) is 8. The van der Waals surface area contributed by atoms with Crippen molar-refractivity contribution >= 4 is 48.4 Å². The predicted molar refractivity (Wildman–Crippen MR) is 157 cm³/mol. The molecule has 4 aromatic rings. The number of nitrogens with zero attached hydrogens (tertiary/aromatic N) is 2. The molecule has 0 unspecified atom stereocenters. The second-order valence-electron chi connectivity index (χ2n) is 9.27. The van der Waals surface area contributed by atoms with Gasteiger partial charge in [-0.05, 0) is 74.3 Å². The SMILES string of the molecule is NCCCCCCCC(=O)Nc1nc2ccc(OS(=O)(=O)c3ccc(NCCCn4cccc4)cc3)cc2s1. The van der Waals surface area contributed by atoms with E-state index in [4.69, 9.17) is 9.92 Å². The first-order valence-electron chi connectivity index (χ1n) is 13.2. The lowest BCUT2D eigenvalue weighted by Crippen LogP contribution is -2.10. The first-order chi connectivity index (χ1) is 18.9. The van der Waals surface area contributed by atoms with Crippen LogP contribution in [-0.2, 0) is 21.5 Å². The summed E-state index contributed by atoms with van der Waals surface area (Å²) in [5.41, 5.74) is 7.00. The van der Waals surface area contributed by atoms with Gasteiger partial charge in [-0.15, -0.1) is 0 Å². The van der Waals surface area contributed by atoms with Crippen LogP contribution in [0.2, 0.25) is 0 Å². The van der Waals surface area contributed by atoms with Crippen LogP contribution in [0, 0.1) is 0 Å². The molecule has 2 aromatic heterocycles. The van der Waals surface area contributed by atoms with E-state index in [2.05, 4.69) is 20.2 Å². The van der Waals surface area contributed by atoms with Crippen LogP contribution in [0.15, 0.2) is 71.9 Å². The third-order valence-electron chi connectivity index (χ3n) is 6.15. The summed E-state index contributed by atoms with van der Waals surface area (Å²) in [5, 5.41) is 6.62. The van der Waals surface area contributed by atoms with Gasteiger partial charge in [0.2, 0.25) is 5.91 Å². The summed E-state index contributed by atoms with van der Waals surface area (Å²) in [6, 6.07) is 15.4. The maximum absolute atomic E-state index is 12.9. The quantitative estimate of drug-likeness (QED) is 0.118. The number of aromatic nitrogens is 2. The van der Waals surface area contributed by atoms with Gasteiger partial charge in [-0.25, -0.2) is 4.98 Å². The van der Waals surface area contributed by atoms with Gasteiger partial charge in [-0.1, -0.05) is 30.6 Å². The molecule has 39 heavy (non-hydrogen) atoms. The number of aryl methyl sites for hydroxylation is 1. The molecule has 2 heterocycles.